The highest BCUT2D eigenvalue weighted by Gasteiger charge is 2.37. The van der Waals surface area contributed by atoms with Crippen molar-refractivity contribution in [1.82, 2.24) is 0 Å². The number of carbonyl (C=O) groups is 1. The van der Waals surface area contributed by atoms with Crippen molar-refractivity contribution in [3.63, 3.8) is 0 Å². The molecule has 1 heterocycles. The van der Waals surface area contributed by atoms with Crippen molar-refractivity contribution in [1.29, 1.82) is 0 Å². The fourth-order valence-corrected chi connectivity index (χ4v) is 3.16. The third kappa shape index (κ3) is 4.51. The van der Waals surface area contributed by atoms with Crippen LogP contribution < -0.4 is 5.73 Å². The molecule has 0 aliphatic carbocycles. The van der Waals surface area contributed by atoms with Gasteiger partial charge in [0.05, 0.1) is 23.4 Å². The van der Waals surface area contributed by atoms with Gasteiger partial charge in [-0.05, 0) is 29.8 Å². The predicted molar refractivity (Wildman–Crippen MR) is 95.3 cm³/mol. The molecule has 1 aliphatic heterocycles. The number of hydrogen-bond donors (Lipinski definition) is 1. The topological polar surface area (TPSA) is 61.5 Å². The van der Waals surface area contributed by atoms with Crippen molar-refractivity contribution in [3.8, 4) is 0 Å². The van der Waals surface area contributed by atoms with E-state index in [9.17, 15) is 18.0 Å². The fraction of sp³-hybridized carbons (Fsp3) is 0.167. The molecule has 2 N–H and O–H groups in total. The van der Waals surface area contributed by atoms with Crippen LogP contribution in [0.1, 0.15) is 22.8 Å². The molecule has 1 atom stereocenters. The highest BCUT2D eigenvalue weighted by atomic mass is 35.5. The molecule has 1 aliphatic rings. The minimum absolute atomic E-state index is 0.119. The molecule has 9 heteroatoms. The lowest BCUT2D eigenvalue weighted by Crippen LogP contribution is -2.10. The Hall–Kier alpha value is -2.32. The molecule has 4 nitrogen and oxygen atoms in total. The SMILES string of the molecule is NC1=C(OSCc2ccc(C(F)(F)F)cc2)C(=O)C(c2ccc(Cl)cc2)O1. The molecule has 0 amide bonds. The highest BCUT2D eigenvalue weighted by Crippen LogP contribution is 2.34. The Morgan fingerprint density at radius 3 is 2.33 bits per heavy atom. The van der Waals surface area contributed by atoms with Crippen LogP contribution in [0.25, 0.3) is 0 Å². The fourth-order valence-electron chi connectivity index (χ4n) is 2.36. The first-order valence-corrected chi connectivity index (χ1v) is 8.96. The third-order valence-corrected chi connectivity index (χ3v) is 4.74. The summed E-state index contributed by atoms with van der Waals surface area (Å²) in [5.41, 5.74) is 6.18. The van der Waals surface area contributed by atoms with Crippen LogP contribution in [-0.4, -0.2) is 5.78 Å². The minimum Gasteiger partial charge on any atom is -0.460 e. The monoisotopic (exact) mass is 415 g/mol. The molecule has 1 unspecified atom stereocenters. The highest BCUT2D eigenvalue weighted by molar-refractivity contribution is 7.94. The number of benzene rings is 2. The lowest BCUT2D eigenvalue weighted by atomic mass is 10.1. The molecule has 27 heavy (non-hydrogen) atoms. The Balaban J connectivity index is 1.58. The average Bonchev–Trinajstić information content (AvgIpc) is 2.90. The van der Waals surface area contributed by atoms with Gasteiger partial charge in [-0.3, -0.25) is 4.79 Å². The summed E-state index contributed by atoms with van der Waals surface area (Å²) < 4.78 is 48.4. The Kier molecular flexibility index (Phi) is 5.57. The summed E-state index contributed by atoms with van der Waals surface area (Å²) in [7, 11) is 0. The van der Waals surface area contributed by atoms with Crippen LogP contribution in [-0.2, 0) is 25.6 Å². The van der Waals surface area contributed by atoms with Crippen LogP contribution in [0.4, 0.5) is 13.2 Å². The first-order valence-electron chi connectivity index (χ1n) is 7.67. The van der Waals surface area contributed by atoms with Crippen molar-refractivity contribution >= 4 is 29.4 Å². The molecule has 2 aromatic carbocycles. The van der Waals surface area contributed by atoms with Crippen LogP contribution in [0.5, 0.6) is 0 Å². The van der Waals surface area contributed by atoms with Gasteiger partial charge in [0.2, 0.25) is 17.4 Å². The summed E-state index contributed by atoms with van der Waals surface area (Å²) in [5.74, 6) is -0.463. The van der Waals surface area contributed by atoms with Crippen LogP contribution in [0, 0.1) is 0 Å². The lowest BCUT2D eigenvalue weighted by Gasteiger charge is -2.09. The van der Waals surface area contributed by atoms with E-state index in [2.05, 4.69) is 0 Å². The Morgan fingerprint density at radius 2 is 1.74 bits per heavy atom. The van der Waals surface area contributed by atoms with Crippen molar-refractivity contribution in [3.05, 3.63) is 81.9 Å². The van der Waals surface area contributed by atoms with Crippen LogP contribution >= 0.6 is 23.6 Å². The quantitative estimate of drug-likeness (QED) is 0.697. The second-order valence-corrected chi connectivity index (χ2v) is 6.77. The van der Waals surface area contributed by atoms with E-state index in [-0.39, 0.29) is 17.4 Å². The molecular formula is C18H13ClF3NO3S. The summed E-state index contributed by atoms with van der Waals surface area (Å²) in [6, 6.07) is 11.2. The van der Waals surface area contributed by atoms with Crippen LogP contribution in [0.3, 0.4) is 0 Å². The minimum atomic E-state index is -4.38. The van der Waals surface area contributed by atoms with Crippen molar-refractivity contribution < 1.29 is 26.9 Å². The van der Waals surface area contributed by atoms with E-state index in [1.165, 1.54) is 12.1 Å². The molecule has 142 valence electrons. The number of halogens is 4. The third-order valence-electron chi connectivity index (χ3n) is 3.75. The maximum absolute atomic E-state index is 12.6. The molecular weight excluding hydrogens is 403 g/mol. The van der Waals surface area contributed by atoms with Gasteiger partial charge < -0.3 is 14.7 Å². The van der Waals surface area contributed by atoms with Gasteiger partial charge in [0.25, 0.3) is 0 Å². The van der Waals surface area contributed by atoms with Gasteiger partial charge >= 0.3 is 6.18 Å². The zero-order valence-corrected chi connectivity index (χ0v) is 15.2. The summed E-state index contributed by atoms with van der Waals surface area (Å²) in [5, 5.41) is 0.522. The second kappa shape index (κ2) is 7.74. The van der Waals surface area contributed by atoms with Gasteiger partial charge in [-0.15, -0.1) is 0 Å². The number of carbonyl (C=O) groups excluding carboxylic acids is 1. The van der Waals surface area contributed by atoms with E-state index in [1.807, 2.05) is 0 Å². The number of hydrogen-bond acceptors (Lipinski definition) is 5. The van der Waals surface area contributed by atoms with Crippen molar-refractivity contribution in [2.24, 2.45) is 5.73 Å². The standard InChI is InChI=1S/C18H13ClF3NO3S/c19-13-7-3-11(4-8-13)15-14(24)16(17(23)25-15)26-27-9-10-1-5-12(6-2-10)18(20,21)22/h1-8,15H,9,23H2. The molecule has 0 fully saturated rings. The molecule has 0 aromatic heterocycles. The summed E-state index contributed by atoms with van der Waals surface area (Å²) in [4.78, 5) is 12.4. The molecule has 0 radical (unpaired) electrons. The second-order valence-electron chi connectivity index (χ2n) is 5.65. The number of nitrogens with two attached hydrogens (primary N) is 1. The van der Waals surface area contributed by atoms with Gasteiger partial charge in [0.1, 0.15) is 0 Å². The maximum atomic E-state index is 12.6. The summed E-state index contributed by atoms with van der Waals surface area (Å²) in [6.45, 7) is 0. The normalized spacial score (nSPS) is 17.2. The number of Topliss-reactive ketones (excluding diaryl/α,β-unsaturated/α-hetero) is 1. The molecule has 0 saturated carbocycles. The number of rotatable bonds is 5. The van der Waals surface area contributed by atoms with E-state index >= 15 is 0 Å². The number of ketones is 1. The van der Waals surface area contributed by atoms with Gasteiger partial charge in [0.15, 0.2) is 6.10 Å². The molecule has 2 aromatic rings. The molecule has 0 saturated heterocycles. The largest absolute Gasteiger partial charge is 0.460 e. The first kappa shape index (κ1) is 19.4. The van der Waals surface area contributed by atoms with E-state index in [0.29, 0.717) is 16.1 Å². The van der Waals surface area contributed by atoms with E-state index in [1.54, 1.807) is 24.3 Å². The molecule has 0 spiro atoms. The average molecular weight is 416 g/mol. The molecule has 3 rings (SSSR count). The van der Waals surface area contributed by atoms with E-state index in [0.717, 1.165) is 24.2 Å². The zero-order valence-electron chi connectivity index (χ0n) is 13.6. The van der Waals surface area contributed by atoms with E-state index < -0.39 is 23.6 Å². The van der Waals surface area contributed by atoms with Crippen LogP contribution in [0.15, 0.2) is 60.2 Å². The van der Waals surface area contributed by atoms with Gasteiger partial charge in [-0.2, -0.15) is 13.2 Å². The van der Waals surface area contributed by atoms with Gasteiger partial charge in [-0.25, -0.2) is 0 Å². The Labute approximate surface area is 162 Å². The van der Waals surface area contributed by atoms with Gasteiger partial charge in [-0.1, -0.05) is 35.9 Å². The Morgan fingerprint density at radius 1 is 1.11 bits per heavy atom. The summed E-state index contributed by atoms with van der Waals surface area (Å²) in [6.07, 6.45) is -5.30. The van der Waals surface area contributed by atoms with Crippen molar-refractivity contribution in [2.45, 2.75) is 18.0 Å². The van der Waals surface area contributed by atoms with Crippen molar-refractivity contribution in [2.75, 3.05) is 0 Å². The number of ether oxygens (including phenoxy) is 1. The lowest BCUT2D eigenvalue weighted by molar-refractivity contribution is -0.137. The zero-order chi connectivity index (χ0) is 19.6. The Bertz CT molecular complexity index is 867. The maximum Gasteiger partial charge on any atom is 0.416 e. The molecule has 0 bridgehead atoms. The van der Waals surface area contributed by atoms with Crippen LogP contribution in [0.2, 0.25) is 5.02 Å². The smallest absolute Gasteiger partial charge is 0.416 e. The summed E-state index contributed by atoms with van der Waals surface area (Å²) >= 11 is 6.71. The van der Waals surface area contributed by atoms with Gasteiger partial charge in [0, 0.05) is 10.6 Å². The predicted octanol–water partition coefficient (Wildman–Crippen LogP) is 4.99. The number of alkyl halides is 3. The first-order chi connectivity index (χ1) is 12.8. The van der Waals surface area contributed by atoms with E-state index in [4.69, 9.17) is 26.3 Å².